The number of aromatic nitrogens is 3. The molecule has 4 bridgehead atoms. The number of carbonyl (C=O) groups excluding carboxylic acids is 1. The van der Waals surface area contributed by atoms with E-state index in [9.17, 15) is 13.2 Å². The van der Waals surface area contributed by atoms with Gasteiger partial charge >= 0.3 is 0 Å². The summed E-state index contributed by atoms with van der Waals surface area (Å²) in [6, 6.07) is 19.0. The number of anilines is 2. The summed E-state index contributed by atoms with van der Waals surface area (Å²) in [5.41, 5.74) is 4.08. The lowest BCUT2D eigenvalue weighted by molar-refractivity contribution is 0.0509. The van der Waals surface area contributed by atoms with Gasteiger partial charge in [-0.25, -0.2) is 23.1 Å². The Morgan fingerprint density at radius 3 is 2.43 bits per heavy atom. The molecule has 5 rings (SSSR count). The molecule has 2 aromatic carbocycles. The number of rotatable bonds is 9. The molecule has 0 radical (unpaired) electrons. The molecule has 0 saturated heterocycles. The minimum atomic E-state index is -4.17. The summed E-state index contributed by atoms with van der Waals surface area (Å²) in [4.78, 5) is 32.2. The van der Waals surface area contributed by atoms with Crippen molar-refractivity contribution in [3.05, 3.63) is 89.1 Å². The summed E-state index contributed by atoms with van der Waals surface area (Å²) in [6.45, 7) is 12.0. The number of fused-ring (bicyclic) bond motifs is 4. The van der Waals surface area contributed by atoms with E-state index < -0.39 is 16.1 Å². The average molecular weight is 687 g/mol. The van der Waals surface area contributed by atoms with E-state index in [-0.39, 0.29) is 46.8 Å². The molecule has 1 N–H and O–H groups in total. The van der Waals surface area contributed by atoms with Gasteiger partial charge in [0.25, 0.3) is 15.9 Å². The number of methoxy groups -OCH3 is 1. The molecule has 260 valence electrons. The number of hydrogen-bond acceptors (Lipinski definition) is 9. The molecular weight excluding hydrogens is 641 g/mol. The van der Waals surface area contributed by atoms with Crippen molar-refractivity contribution in [2.45, 2.75) is 64.9 Å². The Hall–Kier alpha value is -4.55. The van der Waals surface area contributed by atoms with Gasteiger partial charge in [-0.3, -0.25) is 4.79 Å². The number of nitrogens with zero attached hydrogens (tertiary/aromatic N) is 5. The molecule has 49 heavy (non-hydrogen) atoms. The fourth-order valence-corrected chi connectivity index (χ4v) is 7.04. The molecule has 1 amide bonds. The highest BCUT2D eigenvalue weighted by atomic mass is 32.2. The minimum absolute atomic E-state index is 0.0775. The Bertz CT molecular complexity index is 1890. The first-order valence-electron chi connectivity index (χ1n) is 16.4. The smallest absolute Gasteiger partial charge is 0.264 e. The quantitative estimate of drug-likeness (QED) is 0.203. The second-order valence-electron chi connectivity index (χ2n) is 13.7. The predicted octanol–water partition coefficient (Wildman–Crippen LogP) is 6.27. The zero-order chi connectivity index (χ0) is 35.3. The van der Waals surface area contributed by atoms with Gasteiger partial charge in [0.1, 0.15) is 12.4 Å². The molecule has 0 saturated carbocycles. The maximum atomic E-state index is 14.5. The maximum absolute atomic E-state index is 14.5. The fraction of sp³-hybridized carbons (Fsp3) is 0.405. The summed E-state index contributed by atoms with van der Waals surface area (Å²) in [7, 11) is -0.513. The summed E-state index contributed by atoms with van der Waals surface area (Å²) < 4.78 is 41.5. The zero-order valence-corrected chi connectivity index (χ0v) is 30.2. The van der Waals surface area contributed by atoms with Crippen LogP contribution in [0.2, 0.25) is 0 Å². The standard InChI is InChI=1S/C37H46N6O5S/c1-25-12-8-13-26(2)34(25)31-21-33-40-36(39-31)41-49(45,46)30-16-9-14-27(20-30)35(44)43(29(24-48-33)22-37(3,4)5)23-28-15-10-17-32(38-28)42(6)18-11-19-47-7/h8-10,12-17,20-21,29H,11,18-19,22-24H2,1-7H3,(H,39,40,41)/t29-/m1/s1. The van der Waals surface area contributed by atoms with Gasteiger partial charge in [0.2, 0.25) is 11.8 Å². The van der Waals surface area contributed by atoms with Gasteiger partial charge in [-0.1, -0.05) is 51.1 Å². The lowest BCUT2D eigenvalue weighted by Gasteiger charge is -2.35. The molecule has 1 atom stereocenters. The van der Waals surface area contributed by atoms with Gasteiger partial charge in [-0.05, 0) is 73.6 Å². The van der Waals surface area contributed by atoms with Gasteiger partial charge < -0.3 is 19.3 Å². The van der Waals surface area contributed by atoms with Crippen LogP contribution in [0.5, 0.6) is 5.88 Å². The third-order valence-corrected chi connectivity index (χ3v) is 9.71. The van der Waals surface area contributed by atoms with Gasteiger partial charge in [0, 0.05) is 44.5 Å². The number of carbonyl (C=O) groups is 1. The van der Waals surface area contributed by atoms with E-state index >= 15 is 0 Å². The van der Waals surface area contributed by atoms with Crippen molar-refractivity contribution < 1.29 is 22.7 Å². The molecule has 3 heterocycles. The normalized spacial score (nSPS) is 16.1. The summed E-state index contributed by atoms with van der Waals surface area (Å²) in [5, 5.41) is 0. The van der Waals surface area contributed by atoms with Crippen LogP contribution in [0, 0.1) is 19.3 Å². The Kier molecular flexibility index (Phi) is 10.9. The molecular formula is C37H46N6O5S. The maximum Gasteiger partial charge on any atom is 0.264 e. The number of nitrogens with one attached hydrogen (secondary N) is 1. The van der Waals surface area contributed by atoms with Crippen molar-refractivity contribution in [3.8, 4) is 17.1 Å². The number of amides is 1. The third-order valence-electron chi connectivity index (χ3n) is 8.39. The van der Waals surface area contributed by atoms with Crippen LogP contribution >= 0.6 is 0 Å². The Labute approximate surface area is 289 Å². The van der Waals surface area contributed by atoms with Crippen molar-refractivity contribution in [1.29, 1.82) is 0 Å². The molecule has 1 aliphatic rings. The van der Waals surface area contributed by atoms with Crippen LogP contribution in [-0.4, -0.2) is 74.1 Å². The van der Waals surface area contributed by atoms with Crippen LogP contribution in [0.3, 0.4) is 0 Å². The second kappa shape index (κ2) is 14.9. The second-order valence-corrected chi connectivity index (χ2v) is 15.4. The van der Waals surface area contributed by atoms with E-state index in [1.54, 1.807) is 30.2 Å². The van der Waals surface area contributed by atoms with Crippen molar-refractivity contribution in [3.63, 3.8) is 0 Å². The molecule has 12 heteroatoms. The largest absolute Gasteiger partial charge is 0.475 e. The number of ether oxygens (including phenoxy) is 2. The number of sulfonamides is 1. The first kappa shape index (κ1) is 35.7. The lowest BCUT2D eigenvalue weighted by atomic mass is 9.87. The average Bonchev–Trinajstić information content (AvgIpc) is 3.04. The molecule has 4 aromatic rings. The van der Waals surface area contributed by atoms with E-state index in [0.717, 1.165) is 35.5 Å². The van der Waals surface area contributed by atoms with E-state index in [1.807, 2.05) is 57.3 Å². The predicted molar refractivity (Wildman–Crippen MR) is 191 cm³/mol. The van der Waals surface area contributed by atoms with Crippen molar-refractivity contribution >= 4 is 27.7 Å². The van der Waals surface area contributed by atoms with Gasteiger partial charge in [0.15, 0.2) is 0 Å². The van der Waals surface area contributed by atoms with Crippen LogP contribution < -0.4 is 14.4 Å². The molecule has 2 aromatic heterocycles. The zero-order valence-electron chi connectivity index (χ0n) is 29.4. The number of aryl methyl sites for hydroxylation is 2. The molecule has 0 spiro atoms. The van der Waals surface area contributed by atoms with Gasteiger partial charge in [-0.15, -0.1) is 0 Å². The fourth-order valence-electron chi connectivity index (χ4n) is 6.05. The SMILES string of the molecule is COCCCN(C)c1cccc(CN2C(=O)c3cccc(c3)S(=O)(=O)Nc3nc(cc(-c4c(C)cccc4C)n3)OC[C@H]2CC(C)(C)C)n1. The highest BCUT2D eigenvalue weighted by molar-refractivity contribution is 7.92. The molecule has 0 fully saturated rings. The lowest BCUT2D eigenvalue weighted by Crippen LogP contribution is -2.45. The summed E-state index contributed by atoms with van der Waals surface area (Å²) in [5.74, 6) is 0.525. The minimum Gasteiger partial charge on any atom is -0.475 e. The van der Waals surface area contributed by atoms with Gasteiger partial charge in [-0.2, -0.15) is 4.98 Å². The number of pyridine rings is 1. The third kappa shape index (κ3) is 8.93. The summed E-state index contributed by atoms with van der Waals surface area (Å²) in [6.07, 6.45) is 1.44. The Balaban J connectivity index is 1.61. The number of benzene rings is 2. The van der Waals surface area contributed by atoms with Crippen LogP contribution in [0.1, 0.15) is 60.8 Å². The van der Waals surface area contributed by atoms with E-state index in [2.05, 4.69) is 40.4 Å². The van der Waals surface area contributed by atoms with Crippen LogP contribution in [0.4, 0.5) is 11.8 Å². The van der Waals surface area contributed by atoms with Crippen LogP contribution in [-0.2, 0) is 21.3 Å². The topological polar surface area (TPSA) is 127 Å². The van der Waals surface area contributed by atoms with Crippen molar-refractivity contribution in [2.75, 3.05) is 43.5 Å². The van der Waals surface area contributed by atoms with E-state index in [0.29, 0.717) is 24.4 Å². The van der Waals surface area contributed by atoms with Gasteiger partial charge in [0.05, 0.1) is 28.9 Å². The van der Waals surface area contributed by atoms with E-state index in [4.69, 9.17) is 14.5 Å². The van der Waals surface area contributed by atoms with Crippen LogP contribution in [0.25, 0.3) is 11.3 Å². The van der Waals surface area contributed by atoms with E-state index in [1.165, 1.54) is 12.1 Å². The Morgan fingerprint density at radius 1 is 1.00 bits per heavy atom. The first-order chi connectivity index (χ1) is 23.2. The molecule has 0 aliphatic carbocycles. The highest BCUT2D eigenvalue weighted by Gasteiger charge is 2.32. The molecule has 11 nitrogen and oxygen atoms in total. The highest BCUT2D eigenvalue weighted by Crippen LogP contribution is 2.32. The molecule has 1 aliphatic heterocycles. The van der Waals surface area contributed by atoms with Crippen molar-refractivity contribution in [1.82, 2.24) is 19.9 Å². The van der Waals surface area contributed by atoms with Crippen molar-refractivity contribution in [2.24, 2.45) is 5.41 Å². The Morgan fingerprint density at radius 2 is 1.71 bits per heavy atom. The first-order valence-corrected chi connectivity index (χ1v) is 17.9. The molecule has 0 unspecified atom stereocenters. The summed E-state index contributed by atoms with van der Waals surface area (Å²) >= 11 is 0. The number of hydrogen-bond donors (Lipinski definition) is 1. The van der Waals surface area contributed by atoms with Crippen LogP contribution in [0.15, 0.2) is 71.6 Å². The monoisotopic (exact) mass is 686 g/mol.